The van der Waals surface area contributed by atoms with Crippen molar-refractivity contribution in [3.63, 3.8) is 0 Å². The Labute approximate surface area is 128 Å². The number of hydrogen-bond donors (Lipinski definition) is 1. The van der Waals surface area contributed by atoms with Crippen LogP contribution in [-0.4, -0.2) is 32.1 Å². The average Bonchev–Trinajstić information content (AvgIpc) is 2.93. The maximum Gasteiger partial charge on any atom is 0.387 e. The highest BCUT2D eigenvalue weighted by Gasteiger charge is 2.17. The van der Waals surface area contributed by atoms with Crippen molar-refractivity contribution in [1.82, 2.24) is 19.6 Å². The van der Waals surface area contributed by atoms with Gasteiger partial charge in [-0.15, -0.1) is 5.10 Å². The van der Waals surface area contributed by atoms with Gasteiger partial charge < -0.3 is 10.1 Å². The number of nitrogens with zero attached hydrogens (tertiary/aromatic N) is 4. The van der Waals surface area contributed by atoms with Crippen molar-refractivity contribution in [3.05, 3.63) is 48.0 Å². The Morgan fingerprint density at radius 3 is 2.96 bits per heavy atom. The topological polar surface area (TPSA) is 81.4 Å². The highest BCUT2D eigenvalue weighted by molar-refractivity contribution is 6.02. The Morgan fingerprint density at radius 1 is 1.39 bits per heavy atom. The van der Waals surface area contributed by atoms with Crippen LogP contribution in [0.5, 0.6) is 5.75 Å². The molecule has 23 heavy (non-hydrogen) atoms. The summed E-state index contributed by atoms with van der Waals surface area (Å²) in [4.78, 5) is 20.1. The van der Waals surface area contributed by atoms with E-state index in [4.69, 9.17) is 0 Å². The summed E-state index contributed by atoms with van der Waals surface area (Å²) in [5.74, 6) is -0.661. The largest absolute Gasteiger partial charge is 0.433 e. The predicted molar refractivity (Wildman–Crippen MR) is 76.5 cm³/mol. The van der Waals surface area contributed by atoms with Crippen LogP contribution in [0.4, 0.5) is 14.5 Å². The molecule has 0 bridgehead atoms. The molecule has 3 aromatic rings. The molecule has 0 aliphatic rings. The molecule has 118 valence electrons. The zero-order valence-electron chi connectivity index (χ0n) is 11.9. The summed E-state index contributed by atoms with van der Waals surface area (Å²) in [7, 11) is 0. The standard InChI is InChI=1S/C14H11F2N5O2/c1-8-3-4-9(10(7-8)23-13(15)16)18-12(22)11-19-14-17-5-2-6-21(14)20-11/h2-7,13H,1H3,(H,18,22). The van der Waals surface area contributed by atoms with Gasteiger partial charge in [0.1, 0.15) is 5.75 Å². The van der Waals surface area contributed by atoms with Crippen molar-refractivity contribution < 1.29 is 18.3 Å². The molecule has 9 heteroatoms. The van der Waals surface area contributed by atoms with E-state index in [9.17, 15) is 13.6 Å². The van der Waals surface area contributed by atoms with E-state index < -0.39 is 12.5 Å². The maximum absolute atomic E-state index is 12.5. The van der Waals surface area contributed by atoms with E-state index in [-0.39, 0.29) is 23.0 Å². The third-order valence-electron chi connectivity index (χ3n) is 2.92. The highest BCUT2D eigenvalue weighted by Crippen LogP contribution is 2.27. The molecule has 2 aromatic heterocycles. The molecular weight excluding hydrogens is 308 g/mol. The van der Waals surface area contributed by atoms with Crippen LogP contribution in [0.15, 0.2) is 36.7 Å². The fourth-order valence-corrected chi connectivity index (χ4v) is 1.93. The summed E-state index contributed by atoms with van der Waals surface area (Å²) < 4.78 is 30.7. The Balaban J connectivity index is 1.87. The molecule has 1 aromatic carbocycles. The van der Waals surface area contributed by atoms with Gasteiger partial charge in [0.2, 0.25) is 5.82 Å². The number of fused-ring (bicyclic) bond motifs is 1. The number of carbonyl (C=O) groups excluding carboxylic acids is 1. The number of alkyl halides is 2. The van der Waals surface area contributed by atoms with E-state index in [0.717, 1.165) is 0 Å². The van der Waals surface area contributed by atoms with E-state index in [0.29, 0.717) is 5.56 Å². The van der Waals surface area contributed by atoms with E-state index in [2.05, 4.69) is 25.1 Å². The summed E-state index contributed by atoms with van der Waals surface area (Å²) in [5.41, 5.74) is 0.821. The minimum Gasteiger partial charge on any atom is -0.433 e. The average molecular weight is 319 g/mol. The molecule has 2 heterocycles. The number of amides is 1. The molecule has 0 fully saturated rings. The van der Waals surface area contributed by atoms with Crippen molar-refractivity contribution in [2.24, 2.45) is 0 Å². The summed E-state index contributed by atoms with van der Waals surface area (Å²) in [6.07, 6.45) is 3.10. The molecule has 0 spiro atoms. The van der Waals surface area contributed by atoms with Crippen LogP contribution in [0.3, 0.4) is 0 Å². The lowest BCUT2D eigenvalue weighted by atomic mass is 10.2. The van der Waals surface area contributed by atoms with Crippen molar-refractivity contribution >= 4 is 17.4 Å². The van der Waals surface area contributed by atoms with Gasteiger partial charge in [0.05, 0.1) is 5.69 Å². The fourth-order valence-electron chi connectivity index (χ4n) is 1.93. The van der Waals surface area contributed by atoms with Gasteiger partial charge in [-0.1, -0.05) is 6.07 Å². The predicted octanol–water partition coefficient (Wildman–Crippen LogP) is 2.29. The molecule has 0 saturated heterocycles. The second-order valence-electron chi connectivity index (χ2n) is 4.63. The molecule has 0 atom stereocenters. The van der Waals surface area contributed by atoms with Crippen LogP contribution in [0.2, 0.25) is 0 Å². The number of halogens is 2. The lowest BCUT2D eigenvalue weighted by molar-refractivity contribution is -0.0494. The van der Waals surface area contributed by atoms with Gasteiger partial charge in [-0.3, -0.25) is 4.79 Å². The summed E-state index contributed by atoms with van der Waals surface area (Å²) >= 11 is 0. The first-order chi connectivity index (χ1) is 11.0. The molecular formula is C14H11F2N5O2. The number of nitrogens with one attached hydrogen (secondary N) is 1. The van der Waals surface area contributed by atoms with Crippen molar-refractivity contribution in [3.8, 4) is 5.75 Å². The van der Waals surface area contributed by atoms with E-state index in [1.54, 1.807) is 25.3 Å². The lowest BCUT2D eigenvalue weighted by Crippen LogP contribution is -2.15. The second-order valence-corrected chi connectivity index (χ2v) is 4.63. The number of ether oxygens (including phenoxy) is 1. The van der Waals surface area contributed by atoms with Gasteiger partial charge in [0.15, 0.2) is 0 Å². The summed E-state index contributed by atoms with van der Waals surface area (Å²) in [5, 5.41) is 6.42. The normalized spacial score (nSPS) is 11.0. The molecule has 0 aliphatic carbocycles. The minimum atomic E-state index is -3.00. The molecule has 0 aliphatic heterocycles. The van der Waals surface area contributed by atoms with Gasteiger partial charge in [0.25, 0.3) is 11.7 Å². The lowest BCUT2D eigenvalue weighted by Gasteiger charge is -2.11. The Hall–Kier alpha value is -3.10. The Morgan fingerprint density at radius 2 is 2.22 bits per heavy atom. The fraction of sp³-hybridized carbons (Fsp3) is 0.143. The van der Waals surface area contributed by atoms with Crippen molar-refractivity contribution in [1.29, 1.82) is 0 Å². The monoisotopic (exact) mass is 319 g/mol. The van der Waals surface area contributed by atoms with Gasteiger partial charge in [-0.2, -0.15) is 13.8 Å². The zero-order chi connectivity index (χ0) is 16.4. The summed E-state index contributed by atoms with van der Waals surface area (Å²) in [6.45, 7) is -1.27. The molecule has 0 unspecified atom stereocenters. The quantitative estimate of drug-likeness (QED) is 0.798. The van der Waals surface area contributed by atoms with E-state index >= 15 is 0 Å². The third kappa shape index (κ3) is 3.23. The Kier molecular flexibility index (Phi) is 3.83. The van der Waals surface area contributed by atoms with Crippen LogP contribution >= 0.6 is 0 Å². The number of hydrogen-bond acceptors (Lipinski definition) is 5. The number of rotatable bonds is 4. The summed E-state index contributed by atoms with van der Waals surface area (Å²) in [6, 6.07) is 6.17. The van der Waals surface area contributed by atoms with E-state index in [1.165, 1.54) is 22.8 Å². The molecule has 1 amide bonds. The molecule has 7 nitrogen and oxygen atoms in total. The van der Waals surface area contributed by atoms with Crippen LogP contribution in [0.25, 0.3) is 5.78 Å². The number of aromatic nitrogens is 4. The molecule has 0 saturated carbocycles. The van der Waals surface area contributed by atoms with Gasteiger partial charge >= 0.3 is 6.61 Å². The SMILES string of the molecule is Cc1ccc(NC(=O)c2nc3ncccn3n2)c(OC(F)F)c1. The zero-order valence-corrected chi connectivity index (χ0v) is 11.9. The number of aryl methyl sites for hydroxylation is 1. The van der Waals surface area contributed by atoms with Crippen LogP contribution in [0.1, 0.15) is 16.2 Å². The van der Waals surface area contributed by atoms with Crippen LogP contribution in [-0.2, 0) is 0 Å². The van der Waals surface area contributed by atoms with Gasteiger partial charge in [0, 0.05) is 12.4 Å². The molecule has 1 N–H and O–H groups in total. The highest BCUT2D eigenvalue weighted by atomic mass is 19.3. The van der Waals surface area contributed by atoms with Crippen molar-refractivity contribution in [2.45, 2.75) is 13.5 Å². The first-order valence-corrected chi connectivity index (χ1v) is 6.57. The first kappa shape index (κ1) is 14.8. The first-order valence-electron chi connectivity index (χ1n) is 6.57. The molecule has 0 radical (unpaired) electrons. The smallest absolute Gasteiger partial charge is 0.387 e. The van der Waals surface area contributed by atoms with Gasteiger partial charge in [-0.25, -0.2) is 9.50 Å². The van der Waals surface area contributed by atoms with Crippen LogP contribution < -0.4 is 10.1 Å². The van der Waals surface area contributed by atoms with Crippen LogP contribution in [0, 0.1) is 6.92 Å². The number of carbonyl (C=O) groups is 1. The van der Waals surface area contributed by atoms with E-state index in [1.807, 2.05) is 0 Å². The number of anilines is 1. The van der Waals surface area contributed by atoms with Crippen molar-refractivity contribution in [2.75, 3.05) is 5.32 Å². The molecule has 3 rings (SSSR count). The number of benzene rings is 1. The second kappa shape index (κ2) is 5.95. The maximum atomic E-state index is 12.5. The minimum absolute atomic E-state index is 0.104. The third-order valence-corrected chi connectivity index (χ3v) is 2.92. The Bertz CT molecular complexity index is 832. The van der Waals surface area contributed by atoms with Gasteiger partial charge in [-0.05, 0) is 30.7 Å².